The molecule has 0 aromatic carbocycles. The summed E-state index contributed by atoms with van der Waals surface area (Å²) in [6, 6.07) is 0. The average molecular weight is 240 g/mol. The van der Waals surface area contributed by atoms with Gasteiger partial charge in [-0.25, -0.2) is 4.68 Å². The molecule has 1 aliphatic carbocycles. The Balaban J connectivity index is 2.24. The van der Waals surface area contributed by atoms with Gasteiger partial charge in [-0.3, -0.25) is 0 Å². The summed E-state index contributed by atoms with van der Waals surface area (Å²) in [5.74, 6) is 0. The first-order chi connectivity index (χ1) is 8.15. The Morgan fingerprint density at radius 1 is 1.59 bits per heavy atom. The van der Waals surface area contributed by atoms with Gasteiger partial charge >= 0.3 is 0 Å². The van der Waals surface area contributed by atoms with E-state index < -0.39 is 0 Å². The first-order valence-electron chi connectivity index (χ1n) is 5.92. The minimum absolute atomic E-state index is 0.00177. The summed E-state index contributed by atoms with van der Waals surface area (Å²) in [5.41, 5.74) is 7.35. The van der Waals surface area contributed by atoms with Crippen LogP contribution in [-0.4, -0.2) is 33.8 Å². The lowest BCUT2D eigenvalue weighted by molar-refractivity contribution is 0.106. The van der Waals surface area contributed by atoms with Crippen LogP contribution in [0.5, 0.6) is 0 Å². The van der Waals surface area contributed by atoms with Gasteiger partial charge in [0.1, 0.15) is 5.69 Å². The largest absolute Gasteiger partial charge is 0.396 e. The SMILES string of the molecule is COC(C)c1c(CN)nnn1CC1(CO)CC1. The fraction of sp³-hybridized carbons (Fsp3) is 0.818. The Hall–Kier alpha value is -0.980. The van der Waals surface area contributed by atoms with Gasteiger partial charge in [0.15, 0.2) is 0 Å². The number of nitrogens with zero attached hydrogens (tertiary/aromatic N) is 3. The second kappa shape index (κ2) is 4.72. The minimum atomic E-state index is -0.0851. The van der Waals surface area contributed by atoms with E-state index in [9.17, 15) is 5.11 Å². The number of hydrogen-bond acceptors (Lipinski definition) is 5. The smallest absolute Gasteiger partial charge is 0.102 e. The Morgan fingerprint density at radius 2 is 2.29 bits per heavy atom. The summed E-state index contributed by atoms with van der Waals surface area (Å²) in [6.45, 7) is 3.20. The highest BCUT2D eigenvalue weighted by atomic mass is 16.5. The van der Waals surface area contributed by atoms with Crippen LogP contribution in [0.1, 0.15) is 37.3 Å². The minimum Gasteiger partial charge on any atom is -0.396 e. The van der Waals surface area contributed by atoms with Gasteiger partial charge in [0.05, 0.1) is 24.9 Å². The molecular formula is C11H20N4O2. The third-order valence-electron chi connectivity index (χ3n) is 3.56. The molecule has 1 aromatic heterocycles. The zero-order valence-corrected chi connectivity index (χ0v) is 10.4. The van der Waals surface area contributed by atoms with Crippen LogP contribution < -0.4 is 5.73 Å². The molecule has 6 nitrogen and oxygen atoms in total. The molecule has 2 rings (SSSR count). The zero-order valence-electron chi connectivity index (χ0n) is 10.4. The summed E-state index contributed by atoms with van der Waals surface area (Å²) in [6.07, 6.45) is 2.00. The highest BCUT2D eigenvalue weighted by Gasteiger charge is 2.43. The van der Waals surface area contributed by atoms with Crippen molar-refractivity contribution in [1.29, 1.82) is 0 Å². The van der Waals surface area contributed by atoms with Crippen molar-refractivity contribution in [1.82, 2.24) is 15.0 Å². The first-order valence-corrected chi connectivity index (χ1v) is 5.92. The number of aliphatic hydroxyl groups excluding tert-OH is 1. The van der Waals surface area contributed by atoms with E-state index in [4.69, 9.17) is 10.5 Å². The van der Waals surface area contributed by atoms with Gasteiger partial charge in [-0.2, -0.15) is 0 Å². The van der Waals surface area contributed by atoms with E-state index in [0.717, 1.165) is 24.2 Å². The molecule has 1 saturated carbocycles. The molecule has 0 bridgehead atoms. The quantitative estimate of drug-likeness (QED) is 0.742. The first kappa shape index (κ1) is 12.5. The van der Waals surface area contributed by atoms with Crippen molar-refractivity contribution in [2.75, 3.05) is 13.7 Å². The van der Waals surface area contributed by atoms with Gasteiger partial charge in [-0.05, 0) is 19.8 Å². The maximum absolute atomic E-state index is 9.35. The fourth-order valence-corrected chi connectivity index (χ4v) is 2.04. The fourth-order valence-electron chi connectivity index (χ4n) is 2.04. The maximum atomic E-state index is 9.35. The van der Waals surface area contributed by atoms with Crippen molar-refractivity contribution in [3.05, 3.63) is 11.4 Å². The van der Waals surface area contributed by atoms with Crippen molar-refractivity contribution in [2.45, 2.75) is 39.0 Å². The van der Waals surface area contributed by atoms with Crippen LogP contribution in [0.3, 0.4) is 0 Å². The number of aromatic nitrogens is 3. The predicted octanol–water partition coefficient (Wildman–Crippen LogP) is 0.217. The Labute approximate surface area is 101 Å². The number of rotatable bonds is 6. The van der Waals surface area contributed by atoms with Gasteiger partial charge in [-0.15, -0.1) is 5.10 Å². The second-order valence-electron chi connectivity index (χ2n) is 4.82. The summed E-state index contributed by atoms with van der Waals surface area (Å²) in [7, 11) is 1.65. The number of methoxy groups -OCH3 is 1. The van der Waals surface area contributed by atoms with E-state index in [-0.39, 0.29) is 18.1 Å². The molecule has 96 valence electrons. The van der Waals surface area contributed by atoms with Gasteiger partial charge in [0.25, 0.3) is 0 Å². The summed E-state index contributed by atoms with van der Waals surface area (Å²) < 4.78 is 7.16. The molecule has 1 aromatic rings. The van der Waals surface area contributed by atoms with Crippen LogP contribution in [-0.2, 0) is 17.8 Å². The molecule has 0 aliphatic heterocycles. The molecule has 0 amide bonds. The number of hydrogen-bond donors (Lipinski definition) is 2. The van der Waals surface area contributed by atoms with Crippen molar-refractivity contribution < 1.29 is 9.84 Å². The number of nitrogens with two attached hydrogens (primary N) is 1. The molecule has 1 atom stereocenters. The summed E-state index contributed by atoms with van der Waals surface area (Å²) >= 11 is 0. The van der Waals surface area contributed by atoms with Crippen molar-refractivity contribution >= 4 is 0 Å². The lowest BCUT2D eigenvalue weighted by Gasteiger charge is -2.17. The van der Waals surface area contributed by atoms with Crippen LogP contribution >= 0.6 is 0 Å². The van der Waals surface area contributed by atoms with Crippen LogP contribution in [0.15, 0.2) is 0 Å². The topological polar surface area (TPSA) is 86.2 Å². The predicted molar refractivity (Wildman–Crippen MR) is 62.1 cm³/mol. The lowest BCUT2D eigenvalue weighted by Crippen LogP contribution is -2.20. The van der Waals surface area contributed by atoms with E-state index in [0.29, 0.717) is 13.1 Å². The molecule has 3 N–H and O–H groups in total. The van der Waals surface area contributed by atoms with Crippen molar-refractivity contribution in [3.63, 3.8) is 0 Å². The Bertz CT molecular complexity index is 387. The van der Waals surface area contributed by atoms with Crippen LogP contribution in [0, 0.1) is 5.41 Å². The average Bonchev–Trinajstić information content (AvgIpc) is 3.01. The van der Waals surface area contributed by atoms with Gasteiger partial charge in [-0.1, -0.05) is 5.21 Å². The van der Waals surface area contributed by atoms with E-state index >= 15 is 0 Å². The second-order valence-corrected chi connectivity index (χ2v) is 4.82. The summed E-state index contributed by atoms with van der Waals surface area (Å²) in [4.78, 5) is 0. The van der Waals surface area contributed by atoms with E-state index in [2.05, 4.69) is 10.3 Å². The molecule has 1 fully saturated rings. The molecule has 1 heterocycles. The van der Waals surface area contributed by atoms with Crippen molar-refractivity contribution in [2.24, 2.45) is 11.1 Å². The molecule has 1 aliphatic rings. The Morgan fingerprint density at radius 3 is 2.76 bits per heavy atom. The number of aliphatic hydroxyl groups is 1. The Kier molecular flexibility index (Phi) is 3.46. The lowest BCUT2D eigenvalue weighted by atomic mass is 10.1. The van der Waals surface area contributed by atoms with Gasteiger partial charge in [0, 0.05) is 19.1 Å². The third kappa shape index (κ3) is 2.34. The van der Waals surface area contributed by atoms with Crippen LogP contribution in [0.4, 0.5) is 0 Å². The molecule has 17 heavy (non-hydrogen) atoms. The molecular weight excluding hydrogens is 220 g/mol. The maximum Gasteiger partial charge on any atom is 0.102 e. The third-order valence-corrected chi connectivity index (χ3v) is 3.56. The van der Waals surface area contributed by atoms with Crippen LogP contribution in [0.2, 0.25) is 0 Å². The monoisotopic (exact) mass is 240 g/mol. The molecule has 1 unspecified atom stereocenters. The highest BCUT2D eigenvalue weighted by molar-refractivity contribution is 5.13. The highest BCUT2D eigenvalue weighted by Crippen LogP contribution is 2.46. The standard InChI is InChI=1S/C11H20N4O2/c1-8(17-2)10-9(5-12)13-14-15(10)6-11(7-16)3-4-11/h8,16H,3-7,12H2,1-2H3. The van der Waals surface area contributed by atoms with Gasteiger partial charge in [0.2, 0.25) is 0 Å². The molecule has 0 spiro atoms. The van der Waals surface area contributed by atoms with E-state index in [1.807, 2.05) is 11.6 Å². The molecule has 0 radical (unpaired) electrons. The number of ether oxygens (including phenoxy) is 1. The molecule has 6 heteroatoms. The zero-order chi connectivity index (χ0) is 12.5. The van der Waals surface area contributed by atoms with E-state index in [1.165, 1.54) is 0 Å². The summed E-state index contributed by atoms with van der Waals surface area (Å²) in [5, 5.41) is 17.6. The molecule has 0 saturated heterocycles. The van der Waals surface area contributed by atoms with Crippen LogP contribution in [0.25, 0.3) is 0 Å². The van der Waals surface area contributed by atoms with Crippen molar-refractivity contribution in [3.8, 4) is 0 Å². The van der Waals surface area contributed by atoms with E-state index in [1.54, 1.807) is 7.11 Å². The normalized spacial score (nSPS) is 19.3. The van der Waals surface area contributed by atoms with Gasteiger partial charge < -0.3 is 15.6 Å².